The second kappa shape index (κ2) is 6.26. The summed E-state index contributed by atoms with van der Waals surface area (Å²) in [6.45, 7) is 10.7. The predicted octanol–water partition coefficient (Wildman–Crippen LogP) is 1.97. The Balaban J connectivity index is 1.59. The van der Waals surface area contributed by atoms with Crippen molar-refractivity contribution in [3.8, 4) is 0 Å². The van der Waals surface area contributed by atoms with Gasteiger partial charge in [0.25, 0.3) is 0 Å². The smallest absolute Gasteiger partial charge is 0.230 e. The summed E-state index contributed by atoms with van der Waals surface area (Å²) in [4.78, 5) is 31.9. The molecular weight excluding hydrogens is 314 g/mol. The van der Waals surface area contributed by atoms with E-state index in [1.807, 2.05) is 4.90 Å². The summed E-state index contributed by atoms with van der Waals surface area (Å²) < 4.78 is 0. The van der Waals surface area contributed by atoms with E-state index in [9.17, 15) is 9.59 Å². The van der Waals surface area contributed by atoms with Crippen LogP contribution in [-0.2, 0) is 9.59 Å². The van der Waals surface area contributed by atoms with Crippen LogP contribution in [0, 0.1) is 16.7 Å². The molecule has 0 aromatic rings. The van der Waals surface area contributed by atoms with Crippen LogP contribution < -0.4 is 0 Å². The van der Waals surface area contributed by atoms with Crippen LogP contribution in [0.3, 0.4) is 0 Å². The van der Waals surface area contributed by atoms with Crippen LogP contribution in [0.5, 0.6) is 0 Å². The van der Waals surface area contributed by atoms with Gasteiger partial charge in [0, 0.05) is 46.2 Å². The number of likely N-dealkylation sites (tertiary alicyclic amines) is 3. The fourth-order valence-electron chi connectivity index (χ4n) is 6.35. The summed E-state index contributed by atoms with van der Waals surface area (Å²) in [6.07, 6.45) is 6.75. The molecule has 4 aliphatic rings. The molecule has 0 aromatic heterocycles. The van der Waals surface area contributed by atoms with E-state index in [1.54, 1.807) is 6.92 Å². The fraction of sp³-hybridized carbons (Fsp3) is 0.900. The third-order valence-corrected chi connectivity index (χ3v) is 7.89. The Labute approximate surface area is 151 Å². The Morgan fingerprint density at radius 1 is 0.960 bits per heavy atom. The zero-order chi connectivity index (χ0) is 17.7. The van der Waals surface area contributed by atoms with Gasteiger partial charge in [0.15, 0.2) is 0 Å². The number of carbonyl (C=O) groups is 2. The second-order valence-corrected chi connectivity index (χ2v) is 8.90. The van der Waals surface area contributed by atoms with E-state index in [0.717, 1.165) is 65.1 Å². The molecule has 1 aliphatic carbocycles. The van der Waals surface area contributed by atoms with Crippen molar-refractivity contribution in [3.05, 3.63) is 0 Å². The van der Waals surface area contributed by atoms with Gasteiger partial charge in [0.1, 0.15) is 0 Å². The maximum absolute atomic E-state index is 13.5. The maximum Gasteiger partial charge on any atom is 0.230 e. The first kappa shape index (κ1) is 17.3. The van der Waals surface area contributed by atoms with Crippen LogP contribution in [-0.4, -0.2) is 72.3 Å². The molecule has 25 heavy (non-hydrogen) atoms. The molecule has 5 heteroatoms. The molecule has 3 heterocycles. The minimum atomic E-state index is -0.140. The lowest BCUT2D eigenvalue weighted by atomic mass is 9.65. The lowest BCUT2D eigenvalue weighted by Crippen LogP contribution is -2.50. The summed E-state index contributed by atoms with van der Waals surface area (Å²) >= 11 is 0. The molecule has 0 radical (unpaired) electrons. The van der Waals surface area contributed by atoms with Gasteiger partial charge < -0.3 is 14.7 Å². The number of rotatable bonds is 2. The summed E-state index contributed by atoms with van der Waals surface area (Å²) in [5.41, 5.74) is 0.143. The molecule has 2 atom stereocenters. The number of piperidine rings is 1. The molecule has 4 rings (SSSR count). The highest BCUT2D eigenvalue weighted by Crippen LogP contribution is 2.62. The van der Waals surface area contributed by atoms with E-state index in [0.29, 0.717) is 11.8 Å². The maximum atomic E-state index is 13.5. The van der Waals surface area contributed by atoms with E-state index in [-0.39, 0.29) is 16.7 Å². The zero-order valence-electron chi connectivity index (χ0n) is 15.9. The molecule has 3 saturated heterocycles. The van der Waals surface area contributed by atoms with Crippen molar-refractivity contribution in [2.75, 3.05) is 45.8 Å². The molecule has 1 spiro atoms. The normalized spacial score (nSPS) is 34.7. The van der Waals surface area contributed by atoms with Crippen molar-refractivity contribution in [1.29, 1.82) is 0 Å². The van der Waals surface area contributed by atoms with E-state index in [1.165, 1.54) is 19.3 Å². The van der Waals surface area contributed by atoms with Gasteiger partial charge >= 0.3 is 0 Å². The monoisotopic (exact) mass is 347 g/mol. The molecule has 140 valence electrons. The van der Waals surface area contributed by atoms with Gasteiger partial charge in [-0.15, -0.1) is 0 Å². The standard InChI is InChI=1S/C20H33N3O2/c1-3-21-14-17-19(8-12-22(13-9-19)16(2)24)6-7-20(17,15-21)18(25)23-10-4-5-11-23/h17H,3-15H2,1-2H3/t17-,20+/m1/s1. The van der Waals surface area contributed by atoms with E-state index < -0.39 is 0 Å². The van der Waals surface area contributed by atoms with E-state index in [2.05, 4.69) is 16.7 Å². The summed E-state index contributed by atoms with van der Waals surface area (Å²) in [6, 6.07) is 0. The van der Waals surface area contributed by atoms with Crippen molar-refractivity contribution in [3.63, 3.8) is 0 Å². The first-order valence-corrected chi connectivity index (χ1v) is 10.3. The van der Waals surface area contributed by atoms with Gasteiger partial charge in [0.05, 0.1) is 5.41 Å². The van der Waals surface area contributed by atoms with Crippen LogP contribution >= 0.6 is 0 Å². The summed E-state index contributed by atoms with van der Waals surface area (Å²) in [5.74, 6) is 1.15. The third kappa shape index (κ3) is 2.61. The lowest BCUT2D eigenvalue weighted by Gasteiger charge is -2.44. The largest absolute Gasteiger partial charge is 0.343 e. The highest BCUT2D eigenvalue weighted by Gasteiger charge is 2.64. The molecule has 5 nitrogen and oxygen atoms in total. The average Bonchev–Trinajstić information content (AvgIpc) is 3.32. The molecule has 0 bridgehead atoms. The Morgan fingerprint density at radius 3 is 2.24 bits per heavy atom. The van der Waals surface area contributed by atoms with E-state index >= 15 is 0 Å². The van der Waals surface area contributed by atoms with Crippen LogP contribution in [0.15, 0.2) is 0 Å². The Morgan fingerprint density at radius 2 is 1.64 bits per heavy atom. The SMILES string of the molecule is CCN1C[C@@H]2C3(CCN(C(C)=O)CC3)CC[C@]2(C(=O)N2CCCC2)C1. The second-order valence-electron chi connectivity index (χ2n) is 8.90. The van der Waals surface area contributed by atoms with Gasteiger partial charge in [-0.1, -0.05) is 6.92 Å². The zero-order valence-corrected chi connectivity index (χ0v) is 15.9. The molecular formula is C20H33N3O2. The number of hydrogen-bond donors (Lipinski definition) is 0. The van der Waals surface area contributed by atoms with Crippen molar-refractivity contribution < 1.29 is 9.59 Å². The first-order chi connectivity index (χ1) is 12.0. The fourth-order valence-corrected chi connectivity index (χ4v) is 6.35. The van der Waals surface area contributed by atoms with Crippen LogP contribution in [0.25, 0.3) is 0 Å². The molecule has 3 aliphatic heterocycles. The topological polar surface area (TPSA) is 43.9 Å². The molecule has 0 unspecified atom stereocenters. The van der Waals surface area contributed by atoms with Crippen LogP contribution in [0.2, 0.25) is 0 Å². The average molecular weight is 348 g/mol. The number of amides is 2. The number of nitrogens with zero attached hydrogens (tertiary/aromatic N) is 3. The van der Waals surface area contributed by atoms with Gasteiger partial charge in [-0.05, 0) is 56.4 Å². The van der Waals surface area contributed by atoms with E-state index in [4.69, 9.17) is 0 Å². The minimum absolute atomic E-state index is 0.140. The van der Waals surface area contributed by atoms with Crippen LogP contribution in [0.4, 0.5) is 0 Å². The molecule has 1 saturated carbocycles. The number of carbonyl (C=O) groups excluding carboxylic acids is 2. The Kier molecular flexibility index (Phi) is 4.33. The highest BCUT2D eigenvalue weighted by molar-refractivity contribution is 5.84. The molecule has 0 aromatic carbocycles. The van der Waals surface area contributed by atoms with Crippen molar-refractivity contribution in [2.24, 2.45) is 16.7 Å². The molecule has 4 fully saturated rings. The third-order valence-electron chi connectivity index (χ3n) is 7.89. The quantitative estimate of drug-likeness (QED) is 0.767. The first-order valence-electron chi connectivity index (χ1n) is 10.3. The Bertz CT molecular complexity index is 549. The minimum Gasteiger partial charge on any atom is -0.343 e. The summed E-state index contributed by atoms with van der Waals surface area (Å²) in [5, 5.41) is 0. The van der Waals surface area contributed by atoms with Crippen molar-refractivity contribution in [2.45, 2.75) is 52.4 Å². The summed E-state index contributed by atoms with van der Waals surface area (Å²) in [7, 11) is 0. The highest BCUT2D eigenvalue weighted by atomic mass is 16.2. The molecule has 2 amide bonds. The van der Waals surface area contributed by atoms with Crippen LogP contribution in [0.1, 0.15) is 52.4 Å². The number of fused-ring (bicyclic) bond motifs is 2. The van der Waals surface area contributed by atoms with Crippen molar-refractivity contribution >= 4 is 11.8 Å². The van der Waals surface area contributed by atoms with Gasteiger partial charge in [-0.3, -0.25) is 9.59 Å². The predicted molar refractivity (Wildman–Crippen MR) is 97.0 cm³/mol. The number of hydrogen-bond acceptors (Lipinski definition) is 3. The van der Waals surface area contributed by atoms with Crippen molar-refractivity contribution in [1.82, 2.24) is 14.7 Å². The lowest BCUT2D eigenvalue weighted by molar-refractivity contribution is -0.143. The van der Waals surface area contributed by atoms with Gasteiger partial charge in [0.2, 0.25) is 11.8 Å². The molecule has 0 N–H and O–H groups in total. The van der Waals surface area contributed by atoms with Gasteiger partial charge in [-0.25, -0.2) is 0 Å². The Hall–Kier alpha value is -1.10. The van der Waals surface area contributed by atoms with Gasteiger partial charge in [-0.2, -0.15) is 0 Å².